The second-order valence-electron chi connectivity index (χ2n) is 8.60. The maximum atomic E-state index is 13.2. The predicted octanol–water partition coefficient (Wildman–Crippen LogP) is 5.44. The van der Waals surface area contributed by atoms with E-state index in [1.54, 1.807) is 34.9 Å². The summed E-state index contributed by atoms with van der Waals surface area (Å²) >= 11 is 1.69. The maximum absolute atomic E-state index is 13.2. The molecular formula is C29H26N4O2S. The zero-order valence-electron chi connectivity index (χ0n) is 19.9. The van der Waals surface area contributed by atoms with Crippen LogP contribution in [0.5, 0.6) is 0 Å². The van der Waals surface area contributed by atoms with Gasteiger partial charge in [0.2, 0.25) is 5.91 Å². The Hall–Kier alpha value is -4.10. The average Bonchev–Trinajstić information content (AvgIpc) is 3.32. The van der Waals surface area contributed by atoms with E-state index in [0.29, 0.717) is 29.3 Å². The number of pyridine rings is 1. The van der Waals surface area contributed by atoms with Crippen molar-refractivity contribution >= 4 is 40.8 Å². The molecule has 1 aromatic heterocycles. The largest absolute Gasteiger partial charge is 0.384 e. The number of nitrogens with one attached hydrogen (secondary N) is 1. The number of aromatic nitrogens is 1. The minimum absolute atomic E-state index is 0.0231. The van der Waals surface area contributed by atoms with E-state index >= 15 is 0 Å². The molecule has 7 heteroatoms. The van der Waals surface area contributed by atoms with Crippen molar-refractivity contribution in [2.24, 2.45) is 0 Å². The predicted molar refractivity (Wildman–Crippen MR) is 146 cm³/mol. The summed E-state index contributed by atoms with van der Waals surface area (Å²) in [6.45, 7) is 0.600. The second kappa shape index (κ2) is 10.3. The summed E-state index contributed by atoms with van der Waals surface area (Å²) in [5.41, 5.74) is 11.5. The van der Waals surface area contributed by atoms with Crippen LogP contribution >= 0.6 is 11.8 Å². The van der Waals surface area contributed by atoms with Gasteiger partial charge in [0.25, 0.3) is 5.91 Å². The number of hydrogen-bond acceptors (Lipinski definition) is 5. The molecule has 1 aliphatic heterocycles. The number of amides is 2. The summed E-state index contributed by atoms with van der Waals surface area (Å²) in [5.74, 6) is 0.212. The molecule has 0 saturated carbocycles. The van der Waals surface area contributed by atoms with Crippen LogP contribution in [-0.2, 0) is 17.6 Å². The van der Waals surface area contributed by atoms with E-state index in [1.165, 1.54) is 4.90 Å². The van der Waals surface area contributed by atoms with Gasteiger partial charge in [0.05, 0.1) is 12.1 Å². The topological polar surface area (TPSA) is 88.3 Å². The number of thioether (sulfide) groups is 1. The van der Waals surface area contributed by atoms with Crippen molar-refractivity contribution in [1.82, 2.24) is 4.98 Å². The molecule has 0 radical (unpaired) electrons. The number of fused-ring (bicyclic) bond motifs is 1. The van der Waals surface area contributed by atoms with Crippen molar-refractivity contribution in [3.63, 3.8) is 0 Å². The number of hydrogen-bond donors (Lipinski definition) is 2. The molecule has 3 N–H and O–H groups in total. The number of nitrogens with two attached hydrogens (primary N) is 1. The smallest absolute Gasteiger partial charge is 0.256 e. The van der Waals surface area contributed by atoms with Gasteiger partial charge in [-0.3, -0.25) is 9.59 Å². The fraction of sp³-hybridized carbons (Fsp3) is 0.138. The second-order valence-corrected chi connectivity index (χ2v) is 9.48. The van der Waals surface area contributed by atoms with Gasteiger partial charge in [-0.25, -0.2) is 4.98 Å². The molecule has 5 rings (SSSR count). The highest BCUT2D eigenvalue weighted by Gasteiger charge is 2.25. The minimum Gasteiger partial charge on any atom is -0.384 e. The summed E-state index contributed by atoms with van der Waals surface area (Å²) in [7, 11) is 0. The molecule has 0 saturated heterocycles. The van der Waals surface area contributed by atoms with Gasteiger partial charge in [-0.15, -0.1) is 11.8 Å². The van der Waals surface area contributed by atoms with E-state index in [1.807, 2.05) is 60.9 Å². The zero-order chi connectivity index (χ0) is 25.1. The van der Waals surface area contributed by atoms with Crippen LogP contribution in [-0.4, -0.2) is 29.6 Å². The zero-order valence-corrected chi connectivity index (χ0v) is 20.7. The molecule has 0 atom stereocenters. The Morgan fingerprint density at radius 1 is 1.00 bits per heavy atom. The lowest BCUT2D eigenvalue weighted by atomic mass is 9.99. The molecule has 0 spiro atoms. The molecule has 2 amide bonds. The van der Waals surface area contributed by atoms with Crippen LogP contribution in [0.3, 0.4) is 0 Å². The molecule has 4 aromatic rings. The van der Waals surface area contributed by atoms with Crippen LogP contribution in [0, 0.1) is 0 Å². The number of carbonyl (C=O) groups excluding carboxylic acids is 2. The van der Waals surface area contributed by atoms with Gasteiger partial charge in [0.1, 0.15) is 5.82 Å². The number of rotatable bonds is 6. The third kappa shape index (κ3) is 4.97. The highest BCUT2D eigenvalue weighted by Crippen LogP contribution is 2.32. The van der Waals surface area contributed by atoms with Crippen molar-refractivity contribution in [3.05, 3.63) is 102 Å². The Bertz CT molecular complexity index is 1440. The SMILES string of the molecule is CSc1ccc(-c2ccccc2C(=O)Nc2ccc3c(c2)CCN3C(=O)Cc2cccc(N)n2)cc1. The normalized spacial score (nSPS) is 12.3. The van der Waals surface area contributed by atoms with Gasteiger partial charge in [-0.2, -0.15) is 0 Å². The molecule has 36 heavy (non-hydrogen) atoms. The molecular weight excluding hydrogens is 468 g/mol. The summed E-state index contributed by atoms with van der Waals surface area (Å²) in [5, 5.41) is 3.04. The molecule has 1 aliphatic rings. The average molecular weight is 495 g/mol. The summed E-state index contributed by atoms with van der Waals surface area (Å²) in [4.78, 5) is 33.3. The van der Waals surface area contributed by atoms with E-state index in [2.05, 4.69) is 22.4 Å². The molecule has 0 bridgehead atoms. The van der Waals surface area contributed by atoms with Gasteiger partial charge >= 0.3 is 0 Å². The molecule has 180 valence electrons. The Labute approximate surface area is 214 Å². The molecule has 6 nitrogen and oxygen atoms in total. The van der Waals surface area contributed by atoms with Gasteiger partial charge in [-0.05, 0) is 77.9 Å². The standard InChI is InChI=1S/C29H26N4O2S/c1-36-23-12-9-19(10-13-23)24-6-2-3-7-25(24)29(35)32-22-11-14-26-20(17-22)15-16-33(26)28(34)18-21-5-4-8-27(30)31-21/h2-14,17H,15-16,18H2,1H3,(H2,30,31)(H,32,35). The Kier molecular flexibility index (Phi) is 6.73. The first-order chi connectivity index (χ1) is 17.5. The molecule has 0 unspecified atom stereocenters. The summed E-state index contributed by atoms with van der Waals surface area (Å²) in [6.07, 6.45) is 2.96. The lowest BCUT2D eigenvalue weighted by Gasteiger charge is -2.18. The number of anilines is 3. The van der Waals surface area contributed by atoms with Crippen LogP contribution < -0.4 is 16.0 Å². The first-order valence-electron chi connectivity index (χ1n) is 11.7. The minimum atomic E-state index is -0.168. The van der Waals surface area contributed by atoms with E-state index in [0.717, 1.165) is 28.8 Å². The van der Waals surface area contributed by atoms with Gasteiger partial charge < -0.3 is 16.0 Å². The van der Waals surface area contributed by atoms with Crippen LogP contribution in [0.15, 0.2) is 89.8 Å². The molecule has 3 aromatic carbocycles. The number of carbonyl (C=O) groups is 2. The van der Waals surface area contributed by atoms with Crippen molar-refractivity contribution < 1.29 is 9.59 Å². The Morgan fingerprint density at radius 2 is 1.81 bits per heavy atom. The van der Waals surface area contributed by atoms with Crippen LogP contribution in [0.1, 0.15) is 21.6 Å². The van der Waals surface area contributed by atoms with Crippen molar-refractivity contribution in [2.75, 3.05) is 28.8 Å². The Balaban J connectivity index is 1.32. The summed E-state index contributed by atoms with van der Waals surface area (Å²) < 4.78 is 0. The first kappa shape index (κ1) is 23.6. The molecule has 2 heterocycles. The number of nitrogens with zero attached hydrogens (tertiary/aromatic N) is 2. The van der Waals surface area contributed by atoms with E-state index in [-0.39, 0.29) is 18.2 Å². The van der Waals surface area contributed by atoms with E-state index in [9.17, 15) is 9.59 Å². The molecule has 0 fully saturated rings. The third-order valence-corrected chi connectivity index (χ3v) is 7.01. The van der Waals surface area contributed by atoms with Crippen molar-refractivity contribution in [1.29, 1.82) is 0 Å². The fourth-order valence-electron chi connectivity index (χ4n) is 4.49. The molecule has 0 aliphatic carbocycles. The van der Waals surface area contributed by atoms with Gasteiger partial charge in [-0.1, -0.05) is 36.4 Å². The first-order valence-corrected chi connectivity index (χ1v) is 12.9. The van der Waals surface area contributed by atoms with Gasteiger partial charge in [0.15, 0.2) is 0 Å². The summed E-state index contributed by atoms with van der Waals surface area (Å²) in [6, 6.07) is 26.8. The number of nitrogen functional groups attached to an aromatic ring is 1. The quantitative estimate of drug-likeness (QED) is 0.349. The lowest BCUT2D eigenvalue weighted by Crippen LogP contribution is -2.30. The Morgan fingerprint density at radius 3 is 2.58 bits per heavy atom. The fourth-order valence-corrected chi connectivity index (χ4v) is 4.90. The van der Waals surface area contributed by atoms with Gasteiger partial charge in [0, 0.05) is 28.4 Å². The van der Waals surface area contributed by atoms with Crippen molar-refractivity contribution in [2.45, 2.75) is 17.7 Å². The van der Waals surface area contributed by atoms with E-state index < -0.39 is 0 Å². The highest BCUT2D eigenvalue weighted by atomic mass is 32.2. The van der Waals surface area contributed by atoms with E-state index in [4.69, 9.17) is 5.73 Å². The van der Waals surface area contributed by atoms with Crippen LogP contribution in [0.25, 0.3) is 11.1 Å². The highest BCUT2D eigenvalue weighted by molar-refractivity contribution is 7.98. The third-order valence-electron chi connectivity index (χ3n) is 6.27. The monoisotopic (exact) mass is 494 g/mol. The maximum Gasteiger partial charge on any atom is 0.256 e. The van der Waals surface area contributed by atoms with Crippen LogP contribution in [0.4, 0.5) is 17.2 Å². The van der Waals surface area contributed by atoms with Crippen molar-refractivity contribution in [3.8, 4) is 11.1 Å². The van der Waals surface area contributed by atoms with Crippen LogP contribution in [0.2, 0.25) is 0 Å². The lowest BCUT2D eigenvalue weighted by molar-refractivity contribution is -0.117. The number of benzene rings is 3.